The van der Waals surface area contributed by atoms with Gasteiger partial charge in [0.05, 0.1) is 48.7 Å². The number of nitrogens with two attached hydrogens (primary N) is 7. The Morgan fingerprint density at radius 2 is 0.770 bits per heavy atom. The minimum atomic E-state index is -3.95. The molecular formula is C96H95Br2N29O9S3. The van der Waals surface area contributed by atoms with Crippen molar-refractivity contribution in [2.75, 3.05) is 86.8 Å². The number of rotatable bonds is 26. The molecular weight excluding hydrogens is 1960 g/mol. The number of likely N-dealkylation sites (tertiary alicyclic amines) is 1. The number of hydrogen-bond acceptors (Lipinski definition) is 32. The summed E-state index contributed by atoms with van der Waals surface area (Å²) in [7, 11) is -7.30. The fourth-order valence-electron chi connectivity index (χ4n) is 13.6. The predicted octanol–water partition coefficient (Wildman–Crippen LogP) is 21.0. The number of carboxylic acid groups (broad SMARTS) is 1. The van der Waals surface area contributed by atoms with Crippen molar-refractivity contribution in [1.82, 2.24) is 49.4 Å². The molecule has 0 saturated carbocycles. The summed E-state index contributed by atoms with van der Waals surface area (Å²) in [5.74, 6) is 0.734. The molecule has 17 rings (SSSR count). The number of azo groups is 5. The maximum atomic E-state index is 12.6. The minimum absolute atomic E-state index is 0.00418. The van der Waals surface area contributed by atoms with Crippen molar-refractivity contribution >= 4 is 220 Å². The van der Waals surface area contributed by atoms with E-state index in [2.05, 4.69) is 142 Å². The van der Waals surface area contributed by atoms with E-state index in [0.29, 0.717) is 76.0 Å². The van der Waals surface area contributed by atoms with E-state index in [1.807, 2.05) is 150 Å². The predicted molar refractivity (Wildman–Crippen MR) is 550 cm³/mol. The Labute approximate surface area is 816 Å². The maximum Gasteiger partial charge on any atom is 0.335 e. The Bertz CT molecular complexity index is 7660. The number of aryl methyl sites for hydroxylation is 3. The van der Waals surface area contributed by atoms with Crippen LogP contribution >= 0.6 is 31.9 Å². The monoisotopic (exact) mass is 2050 g/mol. The first-order valence-electron chi connectivity index (χ1n) is 42.8. The highest BCUT2D eigenvalue weighted by Gasteiger charge is 2.21. The lowest BCUT2D eigenvalue weighted by molar-refractivity contribution is 0.0696. The van der Waals surface area contributed by atoms with Crippen molar-refractivity contribution < 1.29 is 39.9 Å². The van der Waals surface area contributed by atoms with Gasteiger partial charge in [0.2, 0.25) is 21.9 Å². The van der Waals surface area contributed by atoms with Crippen molar-refractivity contribution in [3.63, 3.8) is 0 Å². The second-order valence-corrected chi connectivity index (χ2v) is 38.4. The van der Waals surface area contributed by atoms with Gasteiger partial charge in [-0.15, -0.1) is 30.0 Å². The standard InChI is InChI=1S/C23H27BrN6O2S.C20H17N7O2S.C19H20BrN5O.C17H17N7O2S.C17H14N4O2/c24-18-6-5-17-16-26-23(25)22(21(17)15-18)29-28-19-7-9-20(10-8-19)33(31,32)27-11-4-14-30-12-2-1-3-13-30;1-13-3-4-14-12-24-19(21)18(17(14)11-13)26-25-15-5-7-16(8-6-15)30(28,29)27-20-22-9-2-10-23-20;1-25(2)9-10-26-16-7-5-15(6-8-16)23-24-18-17-11-14(20)4-3-13(17)12-22-19(18)21;1-10-2-3-11-9-21-16(18)15(14(11)8-10)23-22-12-4-6-13(7-5-12)27(25,26)24-17(19)20;1-10-2-3-12-9-19-16(18)15(14(12)8-10)21-20-13-6-4-11(5-7-13)17(22)23/h5-10,15-16,27H,1-4,11-14H2,(H2,25,26);2-12H,1H3,(H2,21,24)(H,22,23,27);3-8,11-12H,9-10H2,1-2H3,(H2,21,22);2-9H,1H3,(H2,18,21)(H4,19,20,24);2-9H,1H3,(H2,18,19)(H,22,23). The average molecular weight is 2060 g/mol. The van der Waals surface area contributed by atoms with Crippen LogP contribution in [0.15, 0.2) is 341 Å². The Balaban J connectivity index is 0.000000147. The van der Waals surface area contributed by atoms with Gasteiger partial charge >= 0.3 is 5.97 Å². The molecule has 139 heavy (non-hydrogen) atoms. The fourth-order valence-corrected chi connectivity index (χ4v) is 17.2. The van der Waals surface area contributed by atoms with Gasteiger partial charge in [-0.1, -0.05) is 104 Å². The number of anilines is 6. The third kappa shape index (κ3) is 28.1. The number of nitrogens with zero attached hydrogens (tertiary/aromatic N) is 20. The third-order valence-corrected chi connectivity index (χ3v) is 25.9. The molecule has 1 fully saturated rings. The average Bonchev–Trinajstić information content (AvgIpc) is 0.791. The zero-order valence-corrected chi connectivity index (χ0v) is 81.2. The van der Waals surface area contributed by atoms with Gasteiger partial charge in [0.15, 0.2) is 29.1 Å². The normalized spacial score (nSPS) is 12.5. The molecule has 710 valence electrons. The number of halogens is 2. The Morgan fingerprint density at radius 1 is 0.432 bits per heavy atom. The molecule has 38 nitrogen and oxygen atoms in total. The number of aromatic nitrogens is 7. The zero-order chi connectivity index (χ0) is 98.9. The summed E-state index contributed by atoms with van der Waals surface area (Å²) in [4.78, 5) is 44.0. The molecule has 0 atom stereocenters. The van der Waals surface area contributed by atoms with E-state index in [1.54, 1.807) is 73.4 Å². The largest absolute Gasteiger partial charge is 0.492 e. The Hall–Kier alpha value is -15.6. The molecule has 0 radical (unpaired) electrons. The van der Waals surface area contributed by atoms with E-state index in [-0.39, 0.29) is 43.7 Å². The van der Waals surface area contributed by atoms with Gasteiger partial charge in [-0.3, -0.25) is 0 Å². The highest BCUT2D eigenvalue weighted by molar-refractivity contribution is 9.10. The first kappa shape index (κ1) is 101. The van der Waals surface area contributed by atoms with Gasteiger partial charge in [-0.25, -0.2) is 66.0 Å². The SMILES string of the molecule is CN(C)CCOc1ccc(N=Nc2c(N)ncc3ccc(Br)cc23)cc1.Cc1ccc2cnc(N)c(N=Nc3ccc(C(=O)O)cc3)c2c1.Cc1ccc2cnc(N)c(N=Nc3ccc(S(=O)(=O)N=C(N)N)cc3)c2c1.Cc1ccc2cnc(N)c(N=Nc3ccc(S(=O)(=O)Nc4ncccn4)cc3)c2c1.Nc1ncc2ccc(Br)cc2c1N=Nc1ccc(S(=O)(=O)NCCCN2CCCCC2)cc1. The van der Waals surface area contributed by atoms with Crippen molar-refractivity contribution in [2.24, 2.45) is 67.0 Å². The van der Waals surface area contributed by atoms with Crippen molar-refractivity contribution in [3.8, 4) is 5.75 Å². The quantitative estimate of drug-likeness (QED) is 0.0104. The summed E-state index contributed by atoms with van der Waals surface area (Å²) in [6, 6.07) is 62.4. The molecule has 0 unspecified atom stereocenters. The van der Waals surface area contributed by atoms with Crippen LogP contribution in [-0.2, 0) is 30.1 Å². The van der Waals surface area contributed by atoms with Crippen molar-refractivity contribution in [3.05, 3.63) is 293 Å². The first-order valence-corrected chi connectivity index (χ1v) is 48.8. The number of guanidine groups is 1. The molecule has 0 spiro atoms. The Kier molecular flexibility index (Phi) is 33.9. The first-order chi connectivity index (χ1) is 66.7. The van der Waals surface area contributed by atoms with Gasteiger partial charge in [0.1, 0.15) is 40.8 Å². The van der Waals surface area contributed by atoms with Crippen LogP contribution in [-0.4, -0.2) is 140 Å². The summed E-state index contributed by atoms with van der Waals surface area (Å²) < 4.78 is 89.7. The topological polar surface area (TPSA) is 588 Å². The smallest absolute Gasteiger partial charge is 0.335 e. The zero-order valence-electron chi connectivity index (χ0n) is 75.6. The van der Waals surface area contributed by atoms with Crippen LogP contribution in [0.1, 0.15) is 52.7 Å². The molecule has 17 N–H and O–H groups in total. The van der Waals surface area contributed by atoms with E-state index >= 15 is 0 Å². The number of sulfonamides is 3. The maximum absolute atomic E-state index is 12.6. The number of carboxylic acids is 1. The van der Waals surface area contributed by atoms with Gasteiger partial charge < -0.3 is 59.8 Å². The van der Waals surface area contributed by atoms with Crippen LogP contribution in [0.2, 0.25) is 0 Å². The number of benzene rings is 10. The fraction of sp³-hybridized carbons (Fsp3) is 0.156. The van der Waals surface area contributed by atoms with E-state index in [9.17, 15) is 30.0 Å². The number of fused-ring (bicyclic) bond motifs is 5. The van der Waals surface area contributed by atoms with E-state index in [1.165, 1.54) is 92.3 Å². The number of piperidine rings is 1. The molecule has 7 heterocycles. The molecule has 1 aliphatic rings. The molecule has 0 amide bonds. The van der Waals surface area contributed by atoms with E-state index in [0.717, 1.165) is 124 Å². The van der Waals surface area contributed by atoms with Gasteiger partial charge in [0.25, 0.3) is 20.0 Å². The number of likely N-dealkylation sites (N-methyl/N-ethyl adjacent to an activating group) is 1. The second-order valence-electron chi connectivity index (χ2n) is 31.5. The number of aromatic carboxylic acids is 1. The summed E-state index contributed by atoms with van der Waals surface area (Å²) in [5.41, 5.74) is 48.7. The van der Waals surface area contributed by atoms with Crippen LogP contribution in [0.4, 0.5) is 91.9 Å². The van der Waals surface area contributed by atoms with Crippen molar-refractivity contribution in [2.45, 2.75) is 61.1 Å². The van der Waals surface area contributed by atoms with Crippen LogP contribution < -0.4 is 54.3 Å². The van der Waals surface area contributed by atoms with E-state index in [4.69, 9.17) is 50.0 Å². The molecule has 6 aromatic heterocycles. The van der Waals surface area contributed by atoms with Gasteiger partial charge in [-0.05, 0) is 244 Å². The summed E-state index contributed by atoms with van der Waals surface area (Å²) >= 11 is 6.93. The Morgan fingerprint density at radius 3 is 1.13 bits per heavy atom. The molecule has 0 aliphatic carbocycles. The van der Waals surface area contributed by atoms with Crippen LogP contribution in [0, 0.1) is 20.8 Å². The summed E-state index contributed by atoms with van der Waals surface area (Å²) in [5, 5.41) is 60.0. The number of nitrogens with one attached hydrogen (secondary N) is 2. The molecule has 1 aliphatic heterocycles. The van der Waals surface area contributed by atoms with Gasteiger partial charge in [0, 0.05) is 119 Å². The minimum Gasteiger partial charge on any atom is -0.492 e. The van der Waals surface area contributed by atoms with Crippen LogP contribution in [0.3, 0.4) is 0 Å². The number of nitrogen functional groups attached to an aromatic ring is 5. The molecule has 1 saturated heterocycles. The lowest BCUT2D eigenvalue weighted by atomic mass is 10.1. The summed E-state index contributed by atoms with van der Waals surface area (Å²) in [6.07, 6.45) is 15.9. The van der Waals surface area contributed by atoms with E-state index < -0.39 is 42.0 Å². The summed E-state index contributed by atoms with van der Waals surface area (Å²) in [6.45, 7) is 11.0. The lowest BCUT2D eigenvalue weighted by Gasteiger charge is -2.26. The highest BCUT2D eigenvalue weighted by Crippen LogP contribution is 2.40. The lowest BCUT2D eigenvalue weighted by Crippen LogP contribution is -2.33. The second kappa shape index (κ2) is 46.7. The number of pyridine rings is 5. The van der Waals surface area contributed by atoms with Crippen molar-refractivity contribution in [1.29, 1.82) is 0 Å². The highest BCUT2D eigenvalue weighted by atomic mass is 79.9. The van der Waals surface area contributed by atoms with Crippen LogP contribution in [0.5, 0.6) is 5.75 Å². The number of ether oxygens (including phenoxy) is 1. The molecule has 10 aromatic carbocycles. The molecule has 0 bridgehead atoms. The van der Waals surface area contributed by atoms with Crippen LogP contribution in [0.25, 0.3) is 53.9 Å². The molecule has 43 heteroatoms. The van der Waals surface area contributed by atoms with Gasteiger partial charge in [-0.2, -0.15) is 34.0 Å². The number of carbonyl (C=O) groups is 1. The third-order valence-electron chi connectivity index (χ3n) is 20.8. The molecule has 16 aromatic rings. The number of hydrogen-bond donors (Lipinski definition) is 10.